The number of sulfone groups is 2. The van der Waals surface area contributed by atoms with Gasteiger partial charge in [0.15, 0.2) is 25.6 Å². The lowest BCUT2D eigenvalue weighted by Gasteiger charge is -2.24. The molecule has 1 aromatic carbocycles. The van der Waals surface area contributed by atoms with E-state index in [4.69, 9.17) is 0 Å². The highest BCUT2D eigenvalue weighted by atomic mass is 127. The van der Waals surface area contributed by atoms with Crippen molar-refractivity contribution in [2.24, 2.45) is 4.99 Å². The number of guanidine groups is 1. The minimum atomic E-state index is -3.25. The third kappa shape index (κ3) is 7.94. The number of rotatable bonds is 7. The van der Waals surface area contributed by atoms with E-state index in [1.54, 1.807) is 39.0 Å². The van der Waals surface area contributed by atoms with Gasteiger partial charge in [-0.15, -0.1) is 24.0 Å². The Morgan fingerprint density at radius 3 is 2.15 bits per heavy atom. The third-order valence-electron chi connectivity index (χ3n) is 4.09. The summed E-state index contributed by atoms with van der Waals surface area (Å²) in [5.74, 6) is 0.508. The molecule has 2 N–H and O–H groups in total. The van der Waals surface area contributed by atoms with Crippen LogP contribution in [0, 0.1) is 6.92 Å². The van der Waals surface area contributed by atoms with Crippen molar-refractivity contribution in [3.63, 3.8) is 0 Å². The second-order valence-electron chi connectivity index (χ2n) is 6.95. The molecule has 0 saturated heterocycles. The quantitative estimate of drug-likeness (QED) is 0.317. The third-order valence-corrected chi connectivity index (χ3v) is 7.50. The Morgan fingerprint density at radius 1 is 1.11 bits per heavy atom. The average molecular weight is 531 g/mol. The minimum absolute atomic E-state index is 0. The molecule has 0 radical (unpaired) electrons. The lowest BCUT2D eigenvalue weighted by atomic mass is 10.1. The number of hydrogen-bond donors (Lipinski definition) is 2. The molecule has 0 bridgehead atoms. The van der Waals surface area contributed by atoms with Gasteiger partial charge >= 0.3 is 0 Å². The minimum Gasteiger partial charge on any atom is -0.357 e. The van der Waals surface area contributed by atoms with E-state index in [-0.39, 0.29) is 30.5 Å². The Balaban J connectivity index is 0.00000676. The van der Waals surface area contributed by atoms with Crippen LogP contribution in [0.4, 0.5) is 0 Å². The standard InChI is InChI=1S/C17H29N3O4S2.HI/c1-7-18-16(20-12-17(3,4)26(6,23)24)19-11-14-8-9-15(13(2)10-14)25(5,21)22;/h8-10H,7,11-12H2,1-6H3,(H2,18,19,20);1H. The van der Waals surface area contributed by atoms with E-state index in [2.05, 4.69) is 15.6 Å². The maximum atomic E-state index is 11.8. The van der Waals surface area contributed by atoms with Crippen LogP contribution in [0.1, 0.15) is 31.9 Å². The first-order chi connectivity index (χ1) is 11.8. The Hall–Kier alpha value is -0.880. The second-order valence-corrected chi connectivity index (χ2v) is 11.6. The summed E-state index contributed by atoms with van der Waals surface area (Å²) in [4.78, 5) is 4.76. The van der Waals surface area contributed by atoms with Gasteiger partial charge in [-0.1, -0.05) is 12.1 Å². The molecule has 0 aliphatic heterocycles. The van der Waals surface area contributed by atoms with E-state index in [0.29, 0.717) is 29.5 Å². The summed E-state index contributed by atoms with van der Waals surface area (Å²) in [7, 11) is -6.45. The van der Waals surface area contributed by atoms with E-state index in [1.165, 1.54) is 12.5 Å². The highest BCUT2D eigenvalue weighted by Gasteiger charge is 2.30. The van der Waals surface area contributed by atoms with Crippen molar-refractivity contribution in [3.8, 4) is 0 Å². The maximum Gasteiger partial charge on any atom is 0.191 e. The molecular weight excluding hydrogens is 501 g/mol. The molecule has 0 heterocycles. The molecule has 0 unspecified atom stereocenters. The predicted molar refractivity (Wildman–Crippen MR) is 121 cm³/mol. The molecule has 1 aromatic rings. The number of nitrogens with one attached hydrogen (secondary N) is 2. The summed E-state index contributed by atoms with van der Waals surface area (Å²) in [5, 5.41) is 6.13. The molecule has 0 atom stereocenters. The normalized spacial score (nSPS) is 13.0. The summed E-state index contributed by atoms with van der Waals surface area (Å²) in [6.45, 7) is 8.20. The molecule has 1 rings (SSSR count). The van der Waals surface area contributed by atoms with Gasteiger partial charge in [0.1, 0.15) is 0 Å². The maximum absolute atomic E-state index is 11.8. The largest absolute Gasteiger partial charge is 0.357 e. The van der Waals surface area contributed by atoms with E-state index >= 15 is 0 Å². The van der Waals surface area contributed by atoms with Crippen LogP contribution in [-0.4, -0.2) is 53.1 Å². The van der Waals surface area contributed by atoms with Gasteiger partial charge in [0.25, 0.3) is 0 Å². The molecule has 27 heavy (non-hydrogen) atoms. The van der Waals surface area contributed by atoms with Crippen molar-refractivity contribution in [2.75, 3.05) is 25.6 Å². The second kappa shape index (κ2) is 10.1. The Morgan fingerprint density at radius 2 is 1.70 bits per heavy atom. The molecule has 0 amide bonds. The molecule has 156 valence electrons. The van der Waals surface area contributed by atoms with Gasteiger partial charge < -0.3 is 10.6 Å². The topological polar surface area (TPSA) is 105 Å². The SMILES string of the molecule is CCNC(=NCc1ccc(S(C)(=O)=O)c(C)c1)NCC(C)(C)S(C)(=O)=O.I. The zero-order chi connectivity index (χ0) is 20.2. The first-order valence-corrected chi connectivity index (χ1v) is 12.1. The number of nitrogens with zero attached hydrogens (tertiary/aromatic N) is 1. The number of benzene rings is 1. The van der Waals surface area contributed by atoms with Crippen molar-refractivity contribution in [1.29, 1.82) is 0 Å². The number of aryl methyl sites for hydroxylation is 1. The molecular formula is C17H30IN3O4S2. The number of aliphatic imine (C=N–C) groups is 1. The van der Waals surface area contributed by atoms with Gasteiger partial charge in [-0.2, -0.15) is 0 Å². The van der Waals surface area contributed by atoms with Gasteiger partial charge in [0.05, 0.1) is 16.2 Å². The van der Waals surface area contributed by atoms with E-state index in [0.717, 1.165) is 5.56 Å². The molecule has 0 aromatic heterocycles. The van der Waals surface area contributed by atoms with Gasteiger partial charge in [0.2, 0.25) is 0 Å². The zero-order valence-corrected chi connectivity index (χ0v) is 20.6. The smallest absolute Gasteiger partial charge is 0.191 e. The Kier molecular flexibility index (Phi) is 9.73. The van der Waals surface area contributed by atoms with Crippen molar-refractivity contribution >= 4 is 49.6 Å². The van der Waals surface area contributed by atoms with Crippen LogP contribution < -0.4 is 10.6 Å². The number of hydrogen-bond acceptors (Lipinski definition) is 5. The van der Waals surface area contributed by atoms with Gasteiger partial charge in [0, 0.05) is 25.6 Å². The fourth-order valence-electron chi connectivity index (χ4n) is 2.17. The molecule has 0 aliphatic rings. The van der Waals surface area contributed by atoms with E-state index in [9.17, 15) is 16.8 Å². The predicted octanol–water partition coefficient (Wildman–Crippen LogP) is 1.89. The van der Waals surface area contributed by atoms with Crippen LogP contribution in [0.15, 0.2) is 28.1 Å². The highest BCUT2D eigenvalue weighted by molar-refractivity contribution is 14.0. The van der Waals surface area contributed by atoms with Crippen molar-refractivity contribution in [2.45, 2.75) is 43.9 Å². The summed E-state index contributed by atoms with van der Waals surface area (Å²) in [6.07, 6.45) is 2.40. The summed E-state index contributed by atoms with van der Waals surface area (Å²) < 4.78 is 46.0. The molecule has 7 nitrogen and oxygen atoms in total. The fraction of sp³-hybridized carbons (Fsp3) is 0.588. The van der Waals surface area contributed by atoms with Crippen LogP contribution >= 0.6 is 24.0 Å². The van der Waals surface area contributed by atoms with Gasteiger partial charge in [-0.25, -0.2) is 21.8 Å². The van der Waals surface area contributed by atoms with Crippen molar-refractivity contribution in [1.82, 2.24) is 10.6 Å². The molecule has 0 fully saturated rings. The van der Waals surface area contributed by atoms with Crippen LogP contribution in [0.3, 0.4) is 0 Å². The Labute approximate surface area is 180 Å². The molecule has 0 spiro atoms. The van der Waals surface area contributed by atoms with Crippen LogP contribution in [0.25, 0.3) is 0 Å². The lowest BCUT2D eigenvalue weighted by Crippen LogP contribution is -2.47. The first-order valence-electron chi connectivity index (χ1n) is 8.29. The lowest BCUT2D eigenvalue weighted by molar-refractivity contribution is 0.544. The van der Waals surface area contributed by atoms with Gasteiger partial charge in [-0.05, 0) is 44.9 Å². The van der Waals surface area contributed by atoms with Crippen LogP contribution in [-0.2, 0) is 26.2 Å². The van der Waals surface area contributed by atoms with Crippen LogP contribution in [0.5, 0.6) is 0 Å². The molecule has 10 heteroatoms. The van der Waals surface area contributed by atoms with E-state index in [1.807, 2.05) is 6.92 Å². The van der Waals surface area contributed by atoms with Crippen molar-refractivity contribution < 1.29 is 16.8 Å². The number of halogens is 1. The molecule has 0 saturated carbocycles. The summed E-state index contributed by atoms with van der Waals surface area (Å²) >= 11 is 0. The highest BCUT2D eigenvalue weighted by Crippen LogP contribution is 2.17. The summed E-state index contributed by atoms with van der Waals surface area (Å²) in [6, 6.07) is 5.11. The van der Waals surface area contributed by atoms with Crippen LogP contribution in [0.2, 0.25) is 0 Å². The zero-order valence-electron chi connectivity index (χ0n) is 16.7. The van der Waals surface area contributed by atoms with Gasteiger partial charge in [-0.3, -0.25) is 0 Å². The average Bonchev–Trinajstić information content (AvgIpc) is 2.47. The molecule has 0 aliphatic carbocycles. The Bertz CT molecular complexity index is 879. The monoisotopic (exact) mass is 531 g/mol. The first kappa shape index (κ1) is 26.1. The van der Waals surface area contributed by atoms with Crippen molar-refractivity contribution in [3.05, 3.63) is 29.3 Å². The summed E-state index contributed by atoms with van der Waals surface area (Å²) in [5.41, 5.74) is 1.55. The van der Waals surface area contributed by atoms with E-state index < -0.39 is 24.4 Å². The fourth-order valence-corrected chi connectivity index (χ4v) is 3.46.